The molecule has 4 fully saturated rings. The molecule has 0 N–H and O–H groups in total. The van der Waals surface area contributed by atoms with E-state index in [2.05, 4.69) is 15.2 Å². The molecule has 10 nitrogen and oxygen atoms in total. The molecule has 3 heterocycles. The summed E-state index contributed by atoms with van der Waals surface area (Å²) in [6.45, 7) is 1.91. The molecule has 0 amide bonds. The van der Waals surface area contributed by atoms with E-state index in [-0.39, 0.29) is 21.1 Å². The second-order valence-electron chi connectivity index (χ2n) is 11.3. The Morgan fingerprint density at radius 1 is 0.921 bits per heavy atom. The molecule has 4 aromatic rings. The average molecular weight is 555 g/mol. The molecule has 0 radical (unpaired) electrons. The summed E-state index contributed by atoms with van der Waals surface area (Å²) in [6, 6.07) is 8.53. The molecule has 2 bridgehead atoms. The minimum Gasteiger partial charge on any atom is -0.274 e. The Morgan fingerprint density at radius 2 is 1.58 bits per heavy atom. The fourth-order valence-corrected chi connectivity index (χ4v) is 9.91. The van der Waals surface area contributed by atoms with Crippen molar-refractivity contribution in [2.24, 2.45) is 0 Å². The topological polar surface area (TPSA) is 120 Å². The zero-order valence-electron chi connectivity index (χ0n) is 21.4. The highest BCUT2D eigenvalue weighted by molar-refractivity contribution is 7.90. The molecule has 1 aromatic carbocycles. The van der Waals surface area contributed by atoms with Gasteiger partial charge < -0.3 is 0 Å². The number of sulfonamides is 1. The molecule has 0 spiro atoms. The van der Waals surface area contributed by atoms with Gasteiger partial charge in [0.1, 0.15) is 5.82 Å². The highest BCUT2D eigenvalue weighted by Crippen LogP contribution is 2.56. The minimum atomic E-state index is -3.84. The smallest absolute Gasteiger partial charge is 0.269 e. The van der Waals surface area contributed by atoms with Gasteiger partial charge in [-0.15, -0.1) is 10.2 Å². The van der Waals surface area contributed by atoms with Crippen LogP contribution >= 0.6 is 0 Å². The average Bonchev–Trinajstić information content (AvgIpc) is 3.55. The second kappa shape index (κ2) is 7.86. The Bertz CT molecular complexity index is 1780. The third-order valence-electron chi connectivity index (χ3n) is 9.29. The van der Waals surface area contributed by atoms with Crippen LogP contribution in [0.4, 0.5) is 0 Å². The summed E-state index contributed by atoms with van der Waals surface area (Å²) in [5.74, 6) is 0.811. The highest BCUT2D eigenvalue weighted by Gasteiger charge is 2.56. The zero-order valence-corrected chi connectivity index (χ0v) is 23.0. The van der Waals surface area contributed by atoms with E-state index in [1.165, 1.54) is 10.2 Å². The fraction of sp³-hybridized carbons (Fsp3) is 0.500. The van der Waals surface area contributed by atoms with Crippen LogP contribution in [0.15, 0.2) is 47.6 Å². The number of aryl methyl sites for hydroxylation is 1. The van der Waals surface area contributed by atoms with Crippen molar-refractivity contribution in [2.45, 2.75) is 79.4 Å². The van der Waals surface area contributed by atoms with E-state index >= 15 is 0 Å². The Morgan fingerprint density at radius 3 is 2.21 bits per heavy atom. The van der Waals surface area contributed by atoms with Gasteiger partial charge in [0.05, 0.1) is 21.9 Å². The van der Waals surface area contributed by atoms with Crippen LogP contribution in [-0.4, -0.2) is 62.5 Å². The molecule has 0 atom stereocenters. The van der Waals surface area contributed by atoms with Crippen molar-refractivity contribution < 1.29 is 16.8 Å². The van der Waals surface area contributed by atoms with Gasteiger partial charge in [-0.1, -0.05) is 17.7 Å². The van der Waals surface area contributed by atoms with Crippen LogP contribution in [0.25, 0.3) is 16.8 Å². The summed E-state index contributed by atoms with van der Waals surface area (Å²) in [7, 11) is -5.32. The molecule has 38 heavy (non-hydrogen) atoms. The van der Waals surface area contributed by atoms with Gasteiger partial charge in [0.15, 0.2) is 11.3 Å². The first kappa shape index (κ1) is 24.2. The van der Waals surface area contributed by atoms with Gasteiger partial charge in [-0.3, -0.25) is 4.40 Å². The van der Waals surface area contributed by atoms with E-state index in [0.717, 1.165) is 62.8 Å². The normalized spacial score (nSPS) is 26.1. The SMILES string of the molecule is Cc1ccc(S(=O)(=O)n2ccc3c2ncc2nnc(C45CCC(N(C)S(=O)(=O)C6CC6)(CC4)CC5)n23)cc1. The number of rotatable bonds is 6. The molecule has 0 saturated heterocycles. The number of fused-ring (bicyclic) bond motifs is 6. The molecular weight excluding hydrogens is 524 g/mol. The van der Waals surface area contributed by atoms with E-state index in [0.29, 0.717) is 16.8 Å². The first-order valence-corrected chi connectivity index (χ1v) is 16.0. The molecule has 0 aliphatic heterocycles. The predicted octanol–water partition coefficient (Wildman–Crippen LogP) is 3.39. The summed E-state index contributed by atoms with van der Waals surface area (Å²) in [4.78, 5) is 4.67. The van der Waals surface area contributed by atoms with Crippen LogP contribution < -0.4 is 0 Å². The summed E-state index contributed by atoms with van der Waals surface area (Å²) in [6.07, 6.45) is 9.41. The lowest BCUT2D eigenvalue weighted by atomic mass is 9.57. The Balaban J connectivity index is 1.28. The second-order valence-corrected chi connectivity index (χ2v) is 15.4. The van der Waals surface area contributed by atoms with Crippen molar-refractivity contribution in [3.8, 4) is 0 Å². The zero-order chi connectivity index (χ0) is 26.5. The van der Waals surface area contributed by atoms with Gasteiger partial charge in [-0.2, -0.15) is 4.31 Å². The quantitative estimate of drug-likeness (QED) is 0.358. The minimum absolute atomic E-state index is 0.200. The van der Waals surface area contributed by atoms with Crippen molar-refractivity contribution in [3.05, 3.63) is 54.1 Å². The van der Waals surface area contributed by atoms with Gasteiger partial charge in [0.25, 0.3) is 10.0 Å². The molecule has 12 heteroatoms. The van der Waals surface area contributed by atoms with Crippen LogP contribution in [-0.2, 0) is 25.5 Å². The van der Waals surface area contributed by atoms with Crippen molar-refractivity contribution in [3.63, 3.8) is 0 Å². The standard InChI is InChI=1S/C26H30N6O4S2/c1-18-3-5-20(6-4-18)38(35,36)31-16-9-21-23(31)27-17-22-28-29-24(32(21)22)25-10-13-26(14-11-25,15-12-25)30(2)37(33,34)19-7-8-19/h3-6,9,16-17,19H,7-8,10-15H2,1-2H3. The number of aromatic nitrogens is 5. The summed E-state index contributed by atoms with van der Waals surface area (Å²) >= 11 is 0. The van der Waals surface area contributed by atoms with Gasteiger partial charge in [-0.25, -0.2) is 25.8 Å². The molecule has 200 valence electrons. The summed E-state index contributed by atoms with van der Waals surface area (Å²) in [5, 5.41) is 8.80. The predicted molar refractivity (Wildman–Crippen MR) is 142 cm³/mol. The van der Waals surface area contributed by atoms with Crippen LogP contribution in [0.1, 0.15) is 62.8 Å². The Kier molecular flexibility index (Phi) is 5.01. The van der Waals surface area contributed by atoms with E-state index < -0.39 is 20.0 Å². The third-order valence-corrected chi connectivity index (χ3v) is 13.4. The van der Waals surface area contributed by atoms with Crippen molar-refractivity contribution in [1.82, 2.24) is 27.9 Å². The molecular formula is C26H30N6O4S2. The van der Waals surface area contributed by atoms with Crippen LogP contribution in [0.2, 0.25) is 0 Å². The van der Waals surface area contributed by atoms with Crippen molar-refractivity contribution >= 4 is 36.9 Å². The maximum atomic E-state index is 13.5. The Labute approximate surface area is 221 Å². The number of hydrogen-bond donors (Lipinski definition) is 0. The van der Waals surface area contributed by atoms with Gasteiger partial charge >= 0.3 is 0 Å². The van der Waals surface area contributed by atoms with Crippen LogP contribution in [0, 0.1) is 6.92 Å². The van der Waals surface area contributed by atoms with E-state index in [1.54, 1.807) is 47.9 Å². The largest absolute Gasteiger partial charge is 0.274 e. The van der Waals surface area contributed by atoms with E-state index in [9.17, 15) is 16.8 Å². The lowest BCUT2D eigenvalue weighted by Gasteiger charge is -2.55. The third kappa shape index (κ3) is 3.29. The summed E-state index contributed by atoms with van der Waals surface area (Å²) < 4.78 is 57.9. The lowest BCUT2D eigenvalue weighted by molar-refractivity contribution is 0.0295. The van der Waals surface area contributed by atoms with Gasteiger partial charge in [0, 0.05) is 24.2 Å². The maximum Gasteiger partial charge on any atom is 0.269 e. The van der Waals surface area contributed by atoms with Crippen LogP contribution in [0.5, 0.6) is 0 Å². The monoisotopic (exact) mass is 554 g/mol. The highest BCUT2D eigenvalue weighted by atomic mass is 32.2. The van der Waals surface area contributed by atoms with E-state index in [1.807, 2.05) is 11.3 Å². The molecule has 0 unspecified atom stereocenters. The molecule has 3 aromatic heterocycles. The number of hydrogen-bond acceptors (Lipinski definition) is 7. The molecule has 4 aliphatic carbocycles. The first-order valence-electron chi connectivity index (χ1n) is 13.1. The lowest BCUT2D eigenvalue weighted by Crippen LogP contribution is -2.59. The number of nitrogens with zero attached hydrogens (tertiary/aromatic N) is 6. The molecule has 4 saturated carbocycles. The summed E-state index contributed by atoms with van der Waals surface area (Å²) in [5.41, 5.74) is 1.96. The fourth-order valence-electron chi connectivity index (χ4n) is 6.62. The van der Waals surface area contributed by atoms with E-state index in [4.69, 9.17) is 0 Å². The first-order chi connectivity index (χ1) is 18.1. The molecule has 4 aliphatic rings. The van der Waals surface area contributed by atoms with Crippen molar-refractivity contribution in [2.75, 3.05) is 7.05 Å². The van der Waals surface area contributed by atoms with Crippen LogP contribution in [0.3, 0.4) is 0 Å². The van der Waals surface area contributed by atoms with Gasteiger partial charge in [-0.05, 0) is 76.5 Å². The Hall–Kier alpha value is -2.83. The van der Waals surface area contributed by atoms with Gasteiger partial charge in [0.2, 0.25) is 10.0 Å². The number of benzene rings is 1. The molecule has 8 rings (SSSR count). The maximum absolute atomic E-state index is 13.5. The van der Waals surface area contributed by atoms with Crippen molar-refractivity contribution in [1.29, 1.82) is 0 Å².